The molecular weight excluding hydrogens is 434 g/mol. The molecule has 0 fully saturated rings. The van der Waals surface area contributed by atoms with Gasteiger partial charge in [-0.15, -0.1) is 10.2 Å². The lowest BCUT2D eigenvalue weighted by atomic mass is 10.1. The maximum absolute atomic E-state index is 12.4. The summed E-state index contributed by atoms with van der Waals surface area (Å²) in [6.07, 6.45) is 4.41. The molecule has 2 aromatic heterocycles. The van der Waals surface area contributed by atoms with Gasteiger partial charge in [-0.2, -0.15) is 0 Å². The van der Waals surface area contributed by atoms with Crippen molar-refractivity contribution in [2.75, 3.05) is 18.2 Å². The van der Waals surface area contributed by atoms with Gasteiger partial charge in [-0.05, 0) is 54.1 Å². The maximum atomic E-state index is 12.4. The molecule has 0 saturated heterocycles. The van der Waals surface area contributed by atoms with Crippen LogP contribution >= 0.6 is 23.4 Å². The summed E-state index contributed by atoms with van der Waals surface area (Å²) in [6, 6.07) is 18.7. The Bertz CT molecular complexity index is 1140. The minimum absolute atomic E-state index is 0.128. The lowest BCUT2D eigenvalue weighted by Gasteiger charge is -2.11. The van der Waals surface area contributed by atoms with E-state index in [2.05, 4.69) is 15.5 Å². The van der Waals surface area contributed by atoms with Crippen LogP contribution in [0.3, 0.4) is 0 Å². The highest BCUT2D eigenvalue weighted by Crippen LogP contribution is 2.21. The summed E-state index contributed by atoms with van der Waals surface area (Å²) in [4.78, 5) is 12.4. The number of hydrogen-bond donors (Lipinski definition) is 1. The fourth-order valence-corrected chi connectivity index (χ4v) is 3.85. The number of carbonyl (C=O) groups excluding carboxylic acids is 1. The number of methoxy groups -OCH3 is 1. The van der Waals surface area contributed by atoms with Gasteiger partial charge in [-0.25, -0.2) is 4.68 Å². The number of nitrogens with zero attached hydrogens (tertiary/aromatic N) is 4. The molecule has 1 N–H and O–H groups in total. The predicted octanol–water partition coefficient (Wildman–Crippen LogP) is 4.37. The number of anilines is 1. The number of ether oxygens (including phenoxy) is 1. The highest BCUT2D eigenvalue weighted by Gasteiger charge is 2.16. The number of carbonyl (C=O) groups is 1. The second-order valence-electron chi connectivity index (χ2n) is 6.64. The third-order valence-electron chi connectivity index (χ3n) is 4.48. The predicted molar refractivity (Wildman–Crippen MR) is 122 cm³/mol. The molecule has 0 atom stereocenters. The van der Waals surface area contributed by atoms with Crippen LogP contribution in [-0.4, -0.2) is 38.3 Å². The summed E-state index contributed by atoms with van der Waals surface area (Å²) in [5.74, 6) is 1.57. The first-order valence-corrected chi connectivity index (χ1v) is 10.9. The Morgan fingerprint density at radius 1 is 1.06 bits per heavy atom. The zero-order valence-corrected chi connectivity index (χ0v) is 18.3. The summed E-state index contributed by atoms with van der Waals surface area (Å²) in [7, 11) is 1.60. The number of hydrogen-bond acceptors (Lipinski definition) is 5. The zero-order chi connectivity index (χ0) is 21.6. The van der Waals surface area contributed by atoms with Crippen molar-refractivity contribution >= 4 is 35.0 Å². The number of nitrogens with one attached hydrogen (secondary N) is 1. The van der Waals surface area contributed by atoms with Crippen LogP contribution in [0, 0.1) is 0 Å². The molecule has 0 aliphatic heterocycles. The Morgan fingerprint density at radius 2 is 1.77 bits per heavy atom. The van der Waals surface area contributed by atoms with E-state index in [4.69, 9.17) is 16.3 Å². The quantitative estimate of drug-likeness (QED) is 0.401. The number of rotatable bonds is 8. The Balaban J connectivity index is 1.47. The molecule has 9 heteroatoms. The summed E-state index contributed by atoms with van der Waals surface area (Å²) < 4.78 is 8.94. The van der Waals surface area contributed by atoms with Gasteiger partial charge in [-0.3, -0.25) is 9.47 Å². The standard InChI is InChI=1S/C22H20ClN5O2S/c1-30-19-10-8-18(9-11-19)24-21(29)15-31-22-26-25-20(28(22)27-12-2-3-13-27)14-16-4-6-17(23)7-5-16/h2-13H,14-15H2,1H3,(H,24,29). The Kier molecular flexibility index (Phi) is 6.59. The van der Waals surface area contributed by atoms with E-state index in [-0.39, 0.29) is 11.7 Å². The molecule has 0 aliphatic rings. The molecular formula is C22H20ClN5O2S. The van der Waals surface area contributed by atoms with E-state index in [0.717, 1.165) is 17.1 Å². The highest BCUT2D eigenvalue weighted by molar-refractivity contribution is 7.99. The Hall–Kier alpha value is -3.23. The fraction of sp³-hybridized carbons (Fsp3) is 0.136. The number of benzene rings is 2. The average Bonchev–Trinajstić information content (AvgIpc) is 3.44. The first kappa shape index (κ1) is 21.0. The number of halogens is 1. The van der Waals surface area contributed by atoms with E-state index in [0.29, 0.717) is 22.3 Å². The van der Waals surface area contributed by atoms with E-state index in [1.165, 1.54) is 11.8 Å². The van der Waals surface area contributed by atoms with E-state index >= 15 is 0 Å². The molecule has 0 unspecified atom stereocenters. The lowest BCUT2D eigenvalue weighted by Crippen LogP contribution is -2.16. The molecule has 4 rings (SSSR count). The Labute approximate surface area is 189 Å². The SMILES string of the molecule is COc1ccc(NC(=O)CSc2nnc(Cc3ccc(Cl)cc3)n2-n2cccc2)cc1. The van der Waals surface area contributed by atoms with Crippen molar-refractivity contribution in [2.45, 2.75) is 11.6 Å². The molecule has 0 radical (unpaired) electrons. The maximum Gasteiger partial charge on any atom is 0.234 e. The molecule has 0 saturated carbocycles. The van der Waals surface area contributed by atoms with E-state index in [1.54, 1.807) is 31.4 Å². The minimum atomic E-state index is -0.128. The summed E-state index contributed by atoms with van der Waals surface area (Å²) in [6.45, 7) is 0. The van der Waals surface area contributed by atoms with Gasteiger partial charge in [0.2, 0.25) is 11.1 Å². The lowest BCUT2D eigenvalue weighted by molar-refractivity contribution is -0.113. The second-order valence-corrected chi connectivity index (χ2v) is 8.02. The van der Waals surface area contributed by atoms with E-state index in [1.807, 2.05) is 58.1 Å². The van der Waals surface area contributed by atoms with Gasteiger partial charge < -0.3 is 10.1 Å². The minimum Gasteiger partial charge on any atom is -0.497 e. The van der Waals surface area contributed by atoms with Crippen LogP contribution in [0.4, 0.5) is 5.69 Å². The third kappa shape index (κ3) is 5.28. The van der Waals surface area contributed by atoms with Crippen LogP contribution in [0.15, 0.2) is 78.2 Å². The molecule has 0 bridgehead atoms. The van der Waals surface area contributed by atoms with Crippen molar-refractivity contribution in [3.8, 4) is 5.75 Å². The van der Waals surface area contributed by atoms with Crippen LogP contribution < -0.4 is 10.1 Å². The summed E-state index contributed by atoms with van der Waals surface area (Å²) >= 11 is 7.32. The van der Waals surface area contributed by atoms with Crippen molar-refractivity contribution in [2.24, 2.45) is 0 Å². The second kappa shape index (κ2) is 9.72. The van der Waals surface area contributed by atoms with Gasteiger partial charge in [0.1, 0.15) is 5.75 Å². The molecule has 158 valence electrons. The summed E-state index contributed by atoms with van der Waals surface area (Å²) in [5.41, 5.74) is 1.78. The molecule has 4 aromatic rings. The smallest absolute Gasteiger partial charge is 0.234 e. The van der Waals surface area contributed by atoms with E-state index in [9.17, 15) is 4.79 Å². The molecule has 2 heterocycles. The first-order chi connectivity index (χ1) is 15.1. The fourth-order valence-electron chi connectivity index (χ4n) is 2.97. The largest absolute Gasteiger partial charge is 0.497 e. The van der Waals surface area contributed by atoms with Crippen LogP contribution in [0.5, 0.6) is 5.75 Å². The molecule has 31 heavy (non-hydrogen) atoms. The van der Waals surface area contributed by atoms with Crippen molar-refractivity contribution in [1.29, 1.82) is 0 Å². The molecule has 1 amide bonds. The van der Waals surface area contributed by atoms with Gasteiger partial charge >= 0.3 is 0 Å². The monoisotopic (exact) mass is 453 g/mol. The number of amides is 1. The van der Waals surface area contributed by atoms with Gasteiger partial charge in [-0.1, -0.05) is 35.5 Å². The zero-order valence-electron chi connectivity index (χ0n) is 16.7. The van der Waals surface area contributed by atoms with Crippen molar-refractivity contribution in [3.05, 3.63) is 89.5 Å². The van der Waals surface area contributed by atoms with Crippen LogP contribution in [0.1, 0.15) is 11.4 Å². The van der Waals surface area contributed by atoms with Crippen LogP contribution in [0.2, 0.25) is 5.02 Å². The van der Waals surface area contributed by atoms with Gasteiger partial charge in [0.05, 0.1) is 12.9 Å². The molecule has 0 aliphatic carbocycles. The topological polar surface area (TPSA) is 74.0 Å². The highest BCUT2D eigenvalue weighted by atomic mass is 35.5. The number of aromatic nitrogens is 4. The van der Waals surface area contributed by atoms with E-state index < -0.39 is 0 Å². The molecule has 0 spiro atoms. The Morgan fingerprint density at radius 3 is 2.45 bits per heavy atom. The summed E-state index contributed by atoms with van der Waals surface area (Å²) in [5, 5.41) is 12.9. The first-order valence-electron chi connectivity index (χ1n) is 9.51. The average molecular weight is 454 g/mol. The molecule has 2 aromatic carbocycles. The third-order valence-corrected chi connectivity index (χ3v) is 5.65. The van der Waals surface area contributed by atoms with Crippen LogP contribution in [-0.2, 0) is 11.2 Å². The van der Waals surface area contributed by atoms with Crippen LogP contribution in [0.25, 0.3) is 0 Å². The normalized spacial score (nSPS) is 10.8. The van der Waals surface area contributed by atoms with Crippen molar-refractivity contribution in [1.82, 2.24) is 19.5 Å². The van der Waals surface area contributed by atoms with Gasteiger partial charge in [0, 0.05) is 29.5 Å². The van der Waals surface area contributed by atoms with Gasteiger partial charge in [0.25, 0.3) is 0 Å². The van der Waals surface area contributed by atoms with Gasteiger partial charge in [0.15, 0.2) is 5.82 Å². The van der Waals surface area contributed by atoms with Crippen molar-refractivity contribution < 1.29 is 9.53 Å². The van der Waals surface area contributed by atoms with Crippen molar-refractivity contribution in [3.63, 3.8) is 0 Å². The molecule has 7 nitrogen and oxygen atoms in total. The number of thioether (sulfide) groups is 1.